The van der Waals surface area contributed by atoms with Gasteiger partial charge in [-0.25, -0.2) is 5.11 Å². The Labute approximate surface area is 42.2 Å². The topological polar surface area (TPSA) is 60.4 Å². The average Bonchev–Trinajstić information content (AvgIpc) is 1.68. The van der Waals surface area contributed by atoms with Gasteiger partial charge in [0, 0.05) is 13.0 Å². The Morgan fingerprint density at radius 2 is 2.00 bits per heavy atom. The van der Waals surface area contributed by atoms with Crippen LogP contribution in [-0.2, 0) is 5.11 Å². The summed E-state index contributed by atoms with van der Waals surface area (Å²) in [5.41, 5.74) is 0. The molecule has 3 heteroatoms. The van der Waals surface area contributed by atoms with E-state index in [4.69, 9.17) is 10.2 Å². The van der Waals surface area contributed by atoms with Gasteiger partial charge in [0.1, 0.15) is 6.10 Å². The van der Waals surface area contributed by atoms with Crippen LogP contribution in [0.5, 0.6) is 0 Å². The summed E-state index contributed by atoms with van der Waals surface area (Å²) in [5, 5.41) is 26.2. The Kier molecular flexibility index (Phi) is 3.98. The molecule has 1 unspecified atom stereocenters. The predicted octanol–water partition coefficient (Wildman–Crippen LogP) is -0.840. The average molecular weight is 105 g/mol. The predicted molar refractivity (Wildman–Crippen MR) is 23.3 cm³/mol. The zero-order valence-corrected chi connectivity index (χ0v) is 4.00. The van der Waals surface area contributed by atoms with E-state index in [-0.39, 0.29) is 19.6 Å². The molecular weight excluding hydrogens is 96.0 g/mol. The summed E-state index contributed by atoms with van der Waals surface area (Å²) in [6, 6.07) is 0. The van der Waals surface area contributed by atoms with E-state index in [0.29, 0.717) is 0 Å². The summed E-state index contributed by atoms with van der Waals surface area (Å²) in [4.78, 5) is 0. The molecule has 3 nitrogen and oxygen atoms in total. The quantitative estimate of drug-likeness (QED) is 0.491. The SMILES string of the molecule is [O]C(CO)CCO. The Morgan fingerprint density at radius 1 is 1.43 bits per heavy atom. The van der Waals surface area contributed by atoms with Crippen molar-refractivity contribution >= 4 is 0 Å². The largest absolute Gasteiger partial charge is 0.396 e. The lowest BCUT2D eigenvalue weighted by molar-refractivity contribution is 0.0180. The minimum atomic E-state index is -0.995. The van der Waals surface area contributed by atoms with E-state index in [1.54, 1.807) is 0 Å². The summed E-state index contributed by atoms with van der Waals surface area (Å²) in [6.07, 6.45) is -0.846. The maximum absolute atomic E-state index is 10.1. The van der Waals surface area contributed by atoms with Crippen molar-refractivity contribution in [1.29, 1.82) is 0 Å². The van der Waals surface area contributed by atoms with Gasteiger partial charge in [-0.2, -0.15) is 0 Å². The molecule has 0 bridgehead atoms. The monoisotopic (exact) mass is 105 g/mol. The van der Waals surface area contributed by atoms with Crippen LogP contribution in [0.15, 0.2) is 0 Å². The molecule has 2 N–H and O–H groups in total. The molecule has 1 atom stereocenters. The second-order valence-electron chi connectivity index (χ2n) is 1.32. The number of aliphatic hydroxyl groups excluding tert-OH is 2. The van der Waals surface area contributed by atoms with Gasteiger partial charge in [-0.1, -0.05) is 0 Å². The van der Waals surface area contributed by atoms with Crippen molar-refractivity contribution in [2.45, 2.75) is 12.5 Å². The van der Waals surface area contributed by atoms with E-state index in [9.17, 15) is 5.11 Å². The van der Waals surface area contributed by atoms with Crippen LogP contribution in [0.1, 0.15) is 6.42 Å². The smallest absolute Gasteiger partial charge is 0.118 e. The molecule has 0 aromatic carbocycles. The molecule has 0 fully saturated rings. The minimum absolute atomic E-state index is 0.130. The Morgan fingerprint density at radius 3 is 2.14 bits per heavy atom. The van der Waals surface area contributed by atoms with Crippen LogP contribution in [-0.4, -0.2) is 29.5 Å². The minimum Gasteiger partial charge on any atom is -0.396 e. The van der Waals surface area contributed by atoms with Crippen LogP contribution in [0.25, 0.3) is 0 Å². The molecule has 0 aliphatic heterocycles. The highest BCUT2D eigenvalue weighted by Crippen LogP contribution is 1.86. The lowest BCUT2D eigenvalue weighted by Crippen LogP contribution is -2.11. The van der Waals surface area contributed by atoms with Crippen molar-refractivity contribution < 1.29 is 15.3 Å². The Hall–Kier alpha value is -0.120. The van der Waals surface area contributed by atoms with E-state index < -0.39 is 6.10 Å². The van der Waals surface area contributed by atoms with Gasteiger partial charge in [0.25, 0.3) is 0 Å². The highest BCUT2D eigenvalue weighted by Gasteiger charge is 1.99. The van der Waals surface area contributed by atoms with Gasteiger partial charge < -0.3 is 10.2 Å². The zero-order valence-electron chi connectivity index (χ0n) is 4.00. The maximum Gasteiger partial charge on any atom is 0.118 e. The fourth-order valence-corrected chi connectivity index (χ4v) is 0.235. The van der Waals surface area contributed by atoms with Crippen molar-refractivity contribution in [3.05, 3.63) is 0 Å². The van der Waals surface area contributed by atoms with Gasteiger partial charge in [0.05, 0.1) is 6.61 Å². The van der Waals surface area contributed by atoms with E-state index in [0.717, 1.165) is 0 Å². The molecule has 0 spiro atoms. The second-order valence-corrected chi connectivity index (χ2v) is 1.32. The molecule has 0 aromatic heterocycles. The van der Waals surface area contributed by atoms with E-state index in [1.165, 1.54) is 0 Å². The summed E-state index contributed by atoms with van der Waals surface area (Å²) in [6.45, 7) is -0.505. The fraction of sp³-hybridized carbons (Fsp3) is 1.00. The molecular formula is C4H9O3. The number of hydrogen-bond acceptors (Lipinski definition) is 2. The first-order chi connectivity index (χ1) is 3.31. The number of rotatable bonds is 3. The van der Waals surface area contributed by atoms with Crippen LogP contribution in [0.3, 0.4) is 0 Å². The highest BCUT2D eigenvalue weighted by atomic mass is 16.3. The number of aliphatic hydroxyl groups is 2. The first kappa shape index (κ1) is 6.88. The molecule has 0 aliphatic carbocycles. The van der Waals surface area contributed by atoms with Crippen molar-refractivity contribution in [2.75, 3.05) is 13.2 Å². The lowest BCUT2D eigenvalue weighted by atomic mass is 10.3. The molecule has 43 valence electrons. The summed E-state index contributed by atoms with van der Waals surface area (Å²) in [7, 11) is 0. The third kappa shape index (κ3) is 3.72. The van der Waals surface area contributed by atoms with Crippen LogP contribution in [0.2, 0.25) is 0 Å². The van der Waals surface area contributed by atoms with Gasteiger partial charge in [-0.15, -0.1) is 0 Å². The standard InChI is InChI=1S/C4H9O3/c5-2-1-4(7)3-6/h4-6H,1-3H2. The number of hydrogen-bond donors (Lipinski definition) is 2. The summed E-state index contributed by atoms with van der Waals surface area (Å²) >= 11 is 0. The lowest BCUT2D eigenvalue weighted by Gasteiger charge is -1.97. The van der Waals surface area contributed by atoms with E-state index in [2.05, 4.69) is 0 Å². The molecule has 0 heterocycles. The molecule has 0 rings (SSSR count). The van der Waals surface area contributed by atoms with Gasteiger partial charge in [0.15, 0.2) is 0 Å². The summed E-state index contributed by atoms with van der Waals surface area (Å²) in [5.74, 6) is 0. The van der Waals surface area contributed by atoms with Crippen LogP contribution < -0.4 is 0 Å². The van der Waals surface area contributed by atoms with E-state index in [1.807, 2.05) is 0 Å². The van der Waals surface area contributed by atoms with Crippen molar-refractivity contribution in [2.24, 2.45) is 0 Å². The van der Waals surface area contributed by atoms with Gasteiger partial charge in [0.2, 0.25) is 0 Å². The van der Waals surface area contributed by atoms with Gasteiger partial charge >= 0.3 is 0 Å². The zero-order chi connectivity index (χ0) is 5.70. The third-order valence-corrected chi connectivity index (χ3v) is 0.655. The van der Waals surface area contributed by atoms with Crippen molar-refractivity contribution in [1.82, 2.24) is 0 Å². The molecule has 1 radical (unpaired) electrons. The van der Waals surface area contributed by atoms with Crippen molar-refractivity contribution in [3.63, 3.8) is 0 Å². The molecule has 0 aliphatic rings. The summed E-state index contributed by atoms with van der Waals surface area (Å²) < 4.78 is 0. The van der Waals surface area contributed by atoms with Crippen LogP contribution in [0, 0.1) is 0 Å². The van der Waals surface area contributed by atoms with Gasteiger partial charge in [-0.05, 0) is 0 Å². The second kappa shape index (κ2) is 4.05. The Bertz CT molecular complexity index is 37.9. The Balaban J connectivity index is 2.83. The normalized spacial score (nSPS) is 14.1. The first-order valence-electron chi connectivity index (χ1n) is 2.18. The molecule has 0 aromatic rings. The molecule has 0 amide bonds. The van der Waals surface area contributed by atoms with Crippen LogP contribution >= 0.6 is 0 Å². The molecule has 0 saturated carbocycles. The highest BCUT2D eigenvalue weighted by molar-refractivity contribution is 4.47. The molecule has 0 saturated heterocycles. The third-order valence-electron chi connectivity index (χ3n) is 0.655. The fourth-order valence-electron chi connectivity index (χ4n) is 0.235. The van der Waals surface area contributed by atoms with E-state index >= 15 is 0 Å². The van der Waals surface area contributed by atoms with Gasteiger partial charge in [-0.3, -0.25) is 0 Å². The first-order valence-corrected chi connectivity index (χ1v) is 2.18. The maximum atomic E-state index is 10.1. The van der Waals surface area contributed by atoms with Crippen molar-refractivity contribution in [3.8, 4) is 0 Å². The van der Waals surface area contributed by atoms with Crippen LogP contribution in [0.4, 0.5) is 0 Å². The molecule has 7 heavy (non-hydrogen) atoms.